The Morgan fingerprint density at radius 3 is 2.75 bits per heavy atom. The van der Waals surface area contributed by atoms with Gasteiger partial charge in [0.1, 0.15) is 16.8 Å². The highest BCUT2D eigenvalue weighted by molar-refractivity contribution is 7.19. The molecule has 2 aromatic heterocycles. The molecule has 28 heavy (non-hydrogen) atoms. The third-order valence-corrected chi connectivity index (χ3v) is 6.06. The van der Waals surface area contributed by atoms with Gasteiger partial charge in [0.15, 0.2) is 0 Å². The van der Waals surface area contributed by atoms with E-state index in [0.29, 0.717) is 29.4 Å². The standard InChI is InChI=1S/C19H21N5O3S/c1-10-11(2)22-23-17-14(10)15(20)16(28-17)18(25)24-8-12(9-24)21-19(26)27-13-6-4-3-5-7-13/h3-7,12,18,25H,8-9,20H2,1-2H3,(H,21,26). The second kappa shape index (κ2) is 7.34. The molecule has 4 N–H and O–H groups in total. The number of ether oxygens (including phenoxy) is 1. The Kier molecular flexibility index (Phi) is 4.88. The van der Waals surface area contributed by atoms with Crippen LogP contribution in [0.4, 0.5) is 10.5 Å². The van der Waals surface area contributed by atoms with E-state index < -0.39 is 12.3 Å². The number of rotatable bonds is 4. The molecule has 0 saturated carbocycles. The van der Waals surface area contributed by atoms with Crippen molar-refractivity contribution < 1.29 is 14.6 Å². The largest absolute Gasteiger partial charge is 0.412 e. The molecule has 3 aromatic rings. The maximum Gasteiger partial charge on any atom is 0.412 e. The lowest BCUT2D eigenvalue weighted by atomic mass is 10.1. The molecule has 146 valence electrons. The average molecular weight is 399 g/mol. The van der Waals surface area contributed by atoms with Crippen LogP contribution < -0.4 is 15.8 Å². The molecule has 0 spiro atoms. The summed E-state index contributed by atoms with van der Waals surface area (Å²) in [6, 6.07) is 8.79. The Bertz CT molecular complexity index is 1020. The molecular weight excluding hydrogens is 378 g/mol. The molecule has 1 unspecified atom stereocenters. The fraction of sp³-hybridized carbons (Fsp3) is 0.316. The number of anilines is 1. The van der Waals surface area contributed by atoms with Gasteiger partial charge in [-0.05, 0) is 31.5 Å². The number of hydrogen-bond donors (Lipinski definition) is 3. The number of benzene rings is 1. The Balaban J connectivity index is 1.38. The number of nitrogen functional groups attached to an aromatic ring is 1. The topological polar surface area (TPSA) is 114 Å². The van der Waals surface area contributed by atoms with Crippen molar-refractivity contribution in [2.45, 2.75) is 26.1 Å². The predicted molar refractivity (Wildman–Crippen MR) is 107 cm³/mol. The lowest BCUT2D eigenvalue weighted by Crippen LogP contribution is -2.60. The molecule has 9 heteroatoms. The molecule has 1 aliphatic heterocycles. The maximum absolute atomic E-state index is 12.0. The Hall–Kier alpha value is -2.75. The molecule has 1 aliphatic rings. The van der Waals surface area contributed by atoms with E-state index >= 15 is 0 Å². The third kappa shape index (κ3) is 3.39. The van der Waals surface area contributed by atoms with Crippen LogP contribution in [0.2, 0.25) is 0 Å². The van der Waals surface area contributed by atoms with E-state index in [1.54, 1.807) is 24.3 Å². The van der Waals surface area contributed by atoms with Crippen LogP contribution in [0.15, 0.2) is 30.3 Å². The smallest absolute Gasteiger partial charge is 0.410 e. The van der Waals surface area contributed by atoms with E-state index in [2.05, 4.69) is 15.5 Å². The van der Waals surface area contributed by atoms with Crippen LogP contribution in [0.1, 0.15) is 22.4 Å². The van der Waals surface area contributed by atoms with E-state index in [0.717, 1.165) is 21.5 Å². The summed E-state index contributed by atoms with van der Waals surface area (Å²) in [7, 11) is 0. The van der Waals surface area contributed by atoms with Crippen molar-refractivity contribution >= 4 is 33.3 Å². The van der Waals surface area contributed by atoms with Crippen molar-refractivity contribution in [1.29, 1.82) is 0 Å². The van der Waals surface area contributed by atoms with Crippen LogP contribution in [0, 0.1) is 13.8 Å². The molecule has 0 aliphatic carbocycles. The van der Waals surface area contributed by atoms with Gasteiger partial charge in [0, 0.05) is 18.5 Å². The van der Waals surface area contributed by atoms with Crippen LogP contribution in [0.25, 0.3) is 10.2 Å². The van der Waals surface area contributed by atoms with E-state index in [1.165, 1.54) is 11.3 Å². The van der Waals surface area contributed by atoms with Crippen molar-refractivity contribution in [2.75, 3.05) is 18.8 Å². The molecule has 0 radical (unpaired) electrons. The summed E-state index contributed by atoms with van der Waals surface area (Å²) in [6.07, 6.45) is -1.35. The van der Waals surface area contributed by atoms with Crippen molar-refractivity contribution in [3.8, 4) is 5.75 Å². The van der Waals surface area contributed by atoms with E-state index in [-0.39, 0.29) is 6.04 Å². The summed E-state index contributed by atoms with van der Waals surface area (Å²) in [5.74, 6) is 0.487. The zero-order chi connectivity index (χ0) is 19.8. The van der Waals surface area contributed by atoms with Gasteiger partial charge in [-0.15, -0.1) is 16.4 Å². The second-order valence-corrected chi connectivity index (χ2v) is 7.87. The first-order valence-electron chi connectivity index (χ1n) is 8.91. The normalized spacial score (nSPS) is 16.0. The maximum atomic E-state index is 12.0. The number of aliphatic hydroxyl groups excluding tert-OH is 1. The Morgan fingerprint density at radius 2 is 2.04 bits per heavy atom. The van der Waals surface area contributed by atoms with Gasteiger partial charge < -0.3 is 20.9 Å². The molecule has 0 bridgehead atoms. The van der Waals surface area contributed by atoms with E-state index in [4.69, 9.17) is 10.5 Å². The Morgan fingerprint density at radius 1 is 1.32 bits per heavy atom. The highest BCUT2D eigenvalue weighted by atomic mass is 32.1. The minimum atomic E-state index is -0.845. The minimum Gasteiger partial charge on any atom is -0.410 e. The van der Waals surface area contributed by atoms with Gasteiger partial charge in [-0.3, -0.25) is 4.90 Å². The quantitative estimate of drug-likeness (QED) is 0.617. The number of likely N-dealkylation sites (tertiary alicyclic amines) is 1. The monoisotopic (exact) mass is 399 g/mol. The van der Waals surface area contributed by atoms with E-state index in [1.807, 2.05) is 24.8 Å². The van der Waals surface area contributed by atoms with Crippen molar-refractivity contribution in [1.82, 2.24) is 20.4 Å². The zero-order valence-electron chi connectivity index (χ0n) is 15.5. The number of aliphatic hydroxyl groups is 1. The molecule has 1 fully saturated rings. The molecule has 3 heterocycles. The SMILES string of the molecule is Cc1nnc2sc(C(O)N3CC(NC(=O)Oc4ccccc4)C3)c(N)c2c1C. The van der Waals surface area contributed by atoms with Crippen LogP contribution >= 0.6 is 11.3 Å². The number of amides is 1. The summed E-state index contributed by atoms with van der Waals surface area (Å²) < 4.78 is 5.22. The highest BCUT2D eigenvalue weighted by Gasteiger charge is 2.35. The number of hydrogen-bond acceptors (Lipinski definition) is 8. The number of nitrogens with one attached hydrogen (secondary N) is 1. The first-order valence-corrected chi connectivity index (χ1v) is 9.73. The number of aryl methyl sites for hydroxylation is 2. The molecular formula is C19H21N5O3S. The van der Waals surface area contributed by atoms with Gasteiger partial charge in [0.2, 0.25) is 0 Å². The lowest BCUT2D eigenvalue weighted by molar-refractivity contribution is -0.0496. The fourth-order valence-electron chi connectivity index (χ4n) is 3.21. The zero-order valence-corrected chi connectivity index (χ0v) is 16.4. The van der Waals surface area contributed by atoms with Gasteiger partial charge in [0.05, 0.1) is 22.3 Å². The van der Waals surface area contributed by atoms with Gasteiger partial charge in [-0.1, -0.05) is 18.2 Å². The number of fused-ring (bicyclic) bond motifs is 1. The number of aromatic nitrogens is 2. The summed E-state index contributed by atoms with van der Waals surface area (Å²) >= 11 is 1.35. The molecule has 4 rings (SSSR count). The molecule has 1 atom stereocenters. The van der Waals surface area contributed by atoms with Crippen LogP contribution in [-0.2, 0) is 0 Å². The summed E-state index contributed by atoms with van der Waals surface area (Å²) in [4.78, 5) is 15.2. The summed E-state index contributed by atoms with van der Waals surface area (Å²) in [5, 5.41) is 22.7. The third-order valence-electron chi connectivity index (χ3n) is 4.93. The predicted octanol–water partition coefficient (Wildman–Crippen LogP) is 2.35. The molecule has 8 nitrogen and oxygen atoms in total. The number of nitrogens with two attached hydrogens (primary N) is 1. The highest BCUT2D eigenvalue weighted by Crippen LogP contribution is 2.40. The summed E-state index contributed by atoms with van der Waals surface area (Å²) in [6.45, 7) is 4.84. The molecule has 1 saturated heterocycles. The van der Waals surface area contributed by atoms with Gasteiger partial charge in [-0.2, -0.15) is 5.10 Å². The second-order valence-electron chi connectivity index (χ2n) is 6.84. The number of para-hydroxylation sites is 1. The van der Waals surface area contributed by atoms with Crippen LogP contribution in [0.3, 0.4) is 0 Å². The van der Waals surface area contributed by atoms with Gasteiger partial charge in [0.25, 0.3) is 0 Å². The van der Waals surface area contributed by atoms with Crippen molar-refractivity contribution in [2.24, 2.45) is 0 Å². The van der Waals surface area contributed by atoms with Gasteiger partial charge >= 0.3 is 6.09 Å². The first-order chi connectivity index (χ1) is 13.4. The van der Waals surface area contributed by atoms with E-state index in [9.17, 15) is 9.90 Å². The van der Waals surface area contributed by atoms with Gasteiger partial charge in [-0.25, -0.2) is 4.79 Å². The molecule has 1 aromatic carbocycles. The summed E-state index contributed by atoms with van der Waals surface area (Å²) in [5.41, 5.74) is 8.64. The lowest BCUT2D eigenvalue weighted by Gasteiger charge is -2.41. The first kappa shape index (κ1) is 18.6. The fourth-order valence-corrected chi connectivity index (χ4v) is 4.33. The average Bonchev–Trinajstić information content (AvgIpc) is 2.98. The van der Waals surface area contributed by atoms with Crippen LogP contribution in [-0.4, -0.2) is 45.4 Å². The number of thiophene rings is 1. The number of nitrogens with zero attached hydrogens (tertiary/aromatic N) is 3. The minimum absolute atomic E-state index is 0.0924. The number of carbonyl (C=O) groups excluding carboxylic acids is 1. The van der Waals surface area contributed by atoms with Crippen molar-refractivity contribution in [3.63, 3.8) is 0 Å². The molecule has 1 amide bonds. The van der Waals surface area contributed by atoms with Crippen molar-refractivity contribution in [3.05, 3.63) is 46.5 Å². The number of carbonyl (C=O) groups is 1. The van der Waals surface area contributed by atoms with Crippen LogP contribution in [0.5, 0.6) is 5.75 Å². The Labute approximate surface area is 165 Å².